The number of H-pyrrole nitrogens is 1. The van der Waals surface area contributed by atoms with Gasteiger partial charge in [0.2, 0.25) is 5.91 Å². The summed E-state index contributed by atoms with van der Waals surface area (Å²) < 4.78 is 6.16. The summed E-state index contributed by atoms with van der Waals surface area (Å²) in [6, 6.07) is 7.28. The van der Waals surface area contributed by atoms with Crippen LogP contribution in [-0.4, -0.2) is 68.6 Å². The largest absolute Gasteiger partial charge is 0.444 e. The maximum Gasteiger partial charge on any atom is 0.407 e. The Morgan fingerprint density at radius 3 is 2.52 bits per heavy atom. The summed E-state index contributed by atoms with van der Waals surface area (Å²) in [6.07, 6.45) is 3.01. The van der Waals surface area contributed by atoms with Crippen molar-refractivity contribution in [1.29, 1.82) is 0 Å². The van der Waals surface area contributed by atoms with Gasteiger partial charge in [-0.2, -0.15) is 0 Å². The molecule has 1 atom stereocenters. The minimum atomic E-state index is -0.543. The molecule has 0 spiro atoms. The summed E-state index contributed by atoms with van der Waals surface area (Å²) >= 11 is 5.12. The molecule has 1 aromatic carbocycles. The van der Waals surface area contributed by atoms with Crippen LogP contribution in [0, 0.1) is 0 Å². The number of amides is 2. The monoisotopic (exact) mass is 626 g/mol. The van der Waals surface area contributed by atoms with Crippen LogP contribution in [-0.2, 0) is 16.1 Å². The van der Waals surface area contributed by atoms with Crippen molar-refractivity contribution in [2.45, 2.75) is 39.0 Å². The van der Waals surface area contributed by atoms with E-state index in [4.69, 9.17) is 15.5 Å². The van der Waals surface area contributed by atoms with Crippen LogP contribution in [0.2, 0.25) is 0 Å². The van der Waals surface area contributed by atoms with E-state index in [1.807, 2.05) is 50.4 Å². The van der Waals surface area contributed by atoms with Gasteiger partial charge in [-0.1, -0.05) is 24.3 Å². The maximum atomic E-state index is 12.2. The van der Waals surface area contributed by atoms with Crippen LogP contribution in [0.15, 0.2) is 46.5 Å². The number of aromatic amines is 1. The smallest absolute Gasteiger partial charge is 0.407 e. The molecule has 0 saturated carbocycles. The molecule has 4 aromatic rings. The van der Waals surface area contributed by atoms with E-state index in [0.717, 1.165) is 31.8 Å². The van der Waals surface area contributed by atoms with Crippen LogP contribution < -0.4 is 16.0 Å². The third kappa shape index (κ3) is 6.26. The number of anilines is 1. The predicted octanol–water partition coefficient (Wildman–Crippen LogP) is 4.22. The van der Waals surface area contributed by atoms with Crippen molar-refractivity contribution >= 4 is 56.1 Å². The summed E-state index contributed by atoms with van der Waals surface area (Å²) in [6.45, 7) is 8.55. The molecule has 1 aliphatic rings. The lowest BCUT2D eigenvalue weighted by Gasteiger charge is -2.38. The molecule has 13 heteroatoms. The van der Waals surface area contributed by atoms with Crippen LogP contribution in [0.4, 0.5) is 10.5 Å². The highest BCUT2D eigenvalue weighted by atomic mass is 79.9. The standard InChI is InChI=1S/C27H31BrN8O3S/c1-27(2,3)39-26(38)32-14-16-4-6-17(7-5-16)23-33-19-20(18(28)15-31-24(19)34-23)35-9-11-36(12-10-35)21(22(29)37)25-30-8-13-40-25/h4-8,13,15,21H,9-12,14H2,1-3H3,(H2,29,37)(H,32,38)(H,31,33,34). The number of ether oxygens (including phenoxy) is 1. The van der Waals surface area contributed by atoms with Crippen molar-refractivity contribution < 1.29 is 14.3 Å². The average Bonchev–Trinajstić information content (AvgIpc) is 3.58. The molecule has 5 rings (SSSR count). The number of nitrogens with two attached hydrogens (primary N) is 1. The number of hydrogen-bond donors (Lipinski definition) is 3. The van der Waals surface area contributed by atoms with Crippen LogP contribution in [0.5, 0.6) is 0 Å². The van der Waals surface area contributed by atoms with Gasteiger partial charge in [0.1, 0.15) is 28.0 Å². The van der Waals surface area contributed by atoms with Crippen LogP contribution in [0.1, 0.15) is 37.4 Å². The molecule has 4 heterocycles. The Hall–Kier alpha value is -3.55. The van der Waals surface area contributed by atoms with E-state index in [2.05, 4.69) is 46.0 Å². The number of nitrogens with one attached hydrogen (secondary N) is 2. The van der Waals surface area contributed by atoms with Crippen molar-refractivity contribution in [3.63, 3.8) is 0 Å². The summed E-state index contributed by atoms with van der Waals surface area (Å²) in [5.74, 6) is 0.311. The molecule has 210 valence electrons. The number of carbonyl (C=O) groups is 2. The molecule has 2 amide bonds. The fourth-order valence-electron chi connectivity index (χ4n) is 4.67. The second kappa shape index (κ2) is 11.5. The molecule has 40 heavy (non-hydrogen) atoms. The van der Waals surface area contributed by atoms with Crippen molar-refractivity contribution in [3.8, 4) is 11.4 Å². The van der Waals surface area contributed by atoms with E-state index < -0.39 is 17.7 Å². The molecule has 1 unspecified atom stereocenters. The second-order valence-electron chi connectivity index (χ2n) is 10.5. The molecule has 1 aliphatic heterocycles. The van der Waals surface area contributed by atoms with E-state index in [-0.39, 0.29) is 5.91 Å². The number of pyridine rings is 1. The summed E-state index contributed by atoms with van der Waals surface area (Å²) in [5.41, 5.74) is 9.47. The maximum absolute atomic E-state index is 12.2. The Labute approximate surface area is 244 Å². The van der Waals surface area contributed by atoms with Gasteiger partial charge in [-0.15, -0.1) is 11.3 Å². The van der Waals surface area contributed by atoms with Gasteiger partial charge in [0.25, 0.3) is 0 Å². The zero-order chi connectivity index (χ0) is 28.4. The van der Waals surface area contributed by atoms with Gasteiger partial charge < -0.3 is 25.7 Å². The van der Waals surface area contributed by atoms with E-state index >= 15 is 0 Å². The van der Waals surface area contributed by atoms with Crippen molar-refractivity contribution in [1.82, 2.24) is 30.2 Å². The van der Waals surface area contributed by atoms with Gasteiger partial charge in [-0.25, -0.2) is 19.7 Å². The Bertz CT molecular complexity index is 1490. The number of imidazole rings is 1. The molecular weight excluding hydrogens is 596 g/mol. The number of thiazole rings is 1. The van der Waals surface area contributed by atoms with Gasteiger partial charge in [-0.05, 0) is 42.3 Å². The molecule has 0 radical (unpaired) electrons. The highest BCUT2D eigenvalue weighted by Crippen LogP contribution is 2.35. The zero-order valence-corrected chi connectivity index (χ0v) is 24.9. The third-order valence-corrected chi connectivity index (χ3v) is 7.87. The second-order valence-corrected chi connectivity index (χ2v) is 12.3. The first kappa shape index (κ1) is 28.0. The zero-order valence-electron chi connectivity index (χ0n) is 22.5. The van der Waals surface area contributed by atoms with Gasteiger partial charge in [-0.3, -0.25) is 9.69 Å². The summed E-state index contributed by atoms with van der Waals surface area (Å²) in [4.78, 5) is 45.6. The van der Waals surface area contributed by atoms with E-state index in [9.17, 15) is 9.59 Å². The van der Waals surface area contributed by atoms with Crippen LogP contribution in [0.25, 0.3) is 22.6 Å². The van der Waals surface area contributed by atoms with E-state index in [1.165, 1.54) is 11.3 Å². The number of halogens is 1. The molecule has 0 aliphatic carbocycles. The average molecular weight is 628 g/mol. The topological polar surface area (TPSA) is 142 Å². The number of nitrogens with zero attached hydrogens (tertiary/aromatic N) is 5. The number of piperazine rings is 1. The predicted molar refractivity (Wildman–Crippen MR) is 158 cm³/mol. The number of aromatic nitrogens is 4. The lowest BCUT2D eigenvalue weighted by molar-refractivity contribution is -0.123. The molecule has 1 saturated heterocycles. The van der Waals surface area contributed by atoms with Crippen molar-refractivity contribution in [2.24, 2.45) is 5.73 Å². The fourth-order valence-corrected chi connectivity index (χ4v) is 6.00. The number of benzene rings is 1. The lowest BCUT2D eigenvalue weighted by Crippen LogP contribution is -2.50. The van der Waals surface area contributed by atoms with Gasteiger partial charge >= 0.3 is 6.09 Å². The van der Waals surface area contributed by atoms with E-state index in [1.54, 1.807) is 12.4 Å². The molecule has 1 fully saturated rings. The first-order valence-corrected chi connectivity index (χ1v) is 14.5. The van der Waals surface area contributed by atoms with Gasteiger partial charge in [0.05, 0.1) is 10.2 Å². The first-order valence-electron chi connectivity index (χ1n) is 12.9. The normalized spacial score (nSPS) is 15.2. The van der Waals surface area contributed by atoms with Gasteiger partial charge in [0.15, 0.2) is 5.65 Å². The fraction of sp³-hybridized carbons (Fsp3) is 0.370. The van der Waals surface area contributed by atoms with E-state index in [0.29, 0.717) is 44.2 Å². The summed E-state index contributed by atoms with van der Waals surface area (Å²) in [5, 5.41) is 5.35. The number of hydrogen-bond acceptors (Lipinski definition) is 9. The number of rotatable bonds is 7. The quantitative estimate of drug-likeness (QED) is 0.277. The van der Waals surface area contributed by atoms with Crippen LogP contribution >= 0.6 is 27.3 Å². The summed E-state index contributed by atoms with van der Waals surface area (Å²) in [7, 11) is 0. The Kier molecular flexibility index (Phi) is 8.06. The van der Waals surface area contributed by atoms with Crippen molar-refractivity contribution in [2.75, 3.05) is 31.1 Å². The number of primary amides is 1. The SMILES string of the molecule is CC(C)(C)OC(=O)NCc1ccc(-c2nc3ncc(Br)c(N4CCN(C(C(N)=O)c5nccs5)CC4)c3[nH]2)cc1. The Morgan fingerprint density at radius 1 is 1.18 bits per heavy atom. The molecular formula is C27H31BrN8O3S. The van der Waals surface area contributed by atoms with Gasteiger partial charge in [0, 0.05) is 56.1 Å². The Morgan fingerprint density at radius 2 is 1.90 bits per heavy atom. The lowest BCUT2D eigenvalue weighted by atomic mass is 10.1. The molecule has 0 bridgehead atoms. The van der Waals surface area contributed by atoms with Crippen molar-refractivity contribution in [3.05, 3.63) is 57.1 Å². The minimum Gasteiger partial charge on any atom is -0.444 e. The van der Waals surface area contributed by atoms with Crippen LogP contribution in [0.3, 0.4) is 0 Å². The highest BCUT2D eigenvalue weighted by molar-refractivity contribution is 9.10. The minimum absolute atomic E-state index is 0.360. The number of fused-ring (bicyclic) bond motifs is 1. The number of alkyl carbamates (subject to hydrolysis) is 1. The molecule has 11 nitrogen and oxygen atoms in total. The molecule has 3 aromatic heterocycles. The third-order valence-electron chi connectivity index (χ3n) is 6.46. The number of carbonyl (C=O) groups excluding carboxylic acids is 2. The molecule has 4 N–H and O–H groups in total. The first-order chi connectivity index (χ1) is 19.1. The Balaban J connectivity index is 1.30. The highest BCUT2D eigenvalue weighted by Gasteiger charge is 2.32.